The largest absolute Gasteiger partial charge is 0.347 e. The second kappa shape index (κ2) is 7.42. The zero-order chi connectivity index (χ0) is 24.5. The van der Waals surface area contributed by atoms with E-state index in [-0.39, 0.29) is 10.8 Å². The highest BCUT2D eigenvalue weighted by atomic mass is 15.2. The van der Waals surface area contributed by atoms with E-state index in [0.29, 0.717) is 0 Å². The van der Waals surface area contributed by atoms with Crippen molar-refractivity contribution in [2.24, 2.45) is 0 Å². The van der Waals surface area contributed by atoms with E-state index < -0.39 is 0 Å². The Morgan fingerprint density at radius 3 is 2.03 bits per heavy atom. The van der Waals surface area contributed by atoms with E-state index in [0.717, 1.165) is 0 Å². The molecule has 0 atom stereocenters. The van der Waals surface area contributed by atoms with Crippen molar-refractivity contribution in [2.45, 2.75) is 38.5 Å². The summed E-state index contributed by atoms with van der Waals surface area (Å²) in [5, 5.41) is 5.23. The highest BCUT2D eigenvalue weighted by molar-refractivity contribution is 6.07. The van der Waals surface area contributed by atoms with Gasteiger partial charge in [-0.15, -0.1) is 0 Å². The number of hydrogen-bond acceptors (Lipinski definition) is 1. The van der Waals surface area contributed by atoms with Crippen LogP contribution in [0, 0.1) is 0 Å². The monoisotopic (exact) mass is 457 g/mol. The van der Waals surface area contributed by atoms with Crippen LogP contribution in [-0.2, 0) is 10.8 Å². The van der Waals surface area contributed by atoms with Crippen molar-refractivity contribution in [3.8, 4) is 0 Å². The quantitative estimate of drug-likeness (QED) is 0.278. The molecule has 2 heteroatoms. The van der Waals surface area contributed by atoms with Gasteiger partial charge in [0.25, 0.3) is 0 Å². The van der Waals surface area contributed by atoms with Gasteiger partial charge < -0.3 is 4.90 Å². The van der Waals surface area contributed by atoms with Gasteiger partial charge in [-0.25, -0.2) is 0 Å². The molecule has 2 nitrogen and oxygen atoms in total. The van der Waals surface area contributed by atoms with Crippen LogP contribution in [0.3, 0.4) is 0 Å². The fraction of sp³-hybridized carbons (Fsp3) is 0.242. The molecule has 0 saturated heterocycles. The van der Waals surface area contributed by atoms with E-state index in [4.69, 9.17) is 0 Å². The van der Waals surface area contributed by atoms with Crippen molar-refractivity contribution >= 4 is 38.6 Å². The summed E-state index contributed by atoms with van der Waals surface area (Å²) in [4.78, 5) is 2.39. The van der Waals surface area contributed by atoms with Crippen LogP contribution in [0.1, 0.15) is 38.8 Å². The first kappa shape index (κ1) is 21.9. The second-order valence-corrected chi connectivity index (χ2v) is 11.0. The summed E-state index contributed by atoms with van der Waals surface area (Å²) in [6, 6.07) is 26.5. The van der Waals surface area contributed by atoms with Gasteiger partial charge in [0, 0.05) is 35.2 Å². The van der Waals surface area contributed by atoms with Crippen LogP contribution in [0.5, 0.6) is 0 Å². The molecular formula is C33H33N2+. The number of benzene rings is 4. The van der Waals surface area contributed by atoms with Crippen LogP contribution >= 0.6 is 0 Å². The summed E-state index contributed by atoms with van der Waals surface area (Å²) < 4.78 is 2.39. The molecule has 2 heterocycles. The van der Waals surface area contributed by atoms with Crippen LogP contribution in [0.4, 0.5) is 11.4 Å². The minimum absolute atomic E-state index is 0.0562. The van der Waals surface area contributed by atoms with Gasteiger partial charge in [0.15, 0.2) is 5.71 Å². The highest BCUT2D eigenvalue weighted by Gasteiger charge is 2.44. The van der Waals surface area contributed by atoms with Gasteiger partial charge in [0.05, 0.1) is 16.5 Å². The van der Waals surface area contributed by atoms with E-state index in [1.165, 1.54) is 55.5 Å². The molecule has 4 aromatic carbocycles. The number of allylic oxidation sites excluding steroid dienone is 4. The number of rotatable bonds is 2. The summed E-state index contributed by atoms with van der Waals surface area (Å²) in [5.41, 5.74) is 7.98. The van der Waals surface area contributed by atoms with Gasteiger partial charge in [0.2, 0.25) is 5.69 Å². The summed E-state index contributed by atoms with van der Waals surface area (Å²) in [5.74, 6) is 0. The molecule has 0 saturated carbocycles. The van der Waals surface area contributed by atoms with E-state index >= 15 is 0 Å². The average molecular weight is 458 g/mol. The van der Waals surface area contributed by atoms with Gasteiger partial charge in [-0.1, -0.05) is 86.7 Å². The molecule has 0 radical (unpaired) electrons. The Kier molecular flexibility index (Phi) is 4.63. The number of nitrogens with zero attached hydrogens (tertiary/aromatic N) is 2. The fourth-order valence-electron chi connectivity index (χ4n) is 6.47. The average Bonchev–Trinajstić information content (AvgIpc) is 3.17. The maximum Gasteiger partial charge on any atom is 0.217 e. The van der Waals surface area contributed by atoms with Crippen LogP contribution < -0.4 is 4.90 Å². The summed E-state index contributed by atoms with van der Waals surface area (Å²) >= 11 is 0. The SMILES string of the molecule is CN1C(=CC=CC2=[N+](C)c3c(ccc4ccccc34)C2(C)C)C(C)(C)c2ccc3ccccc3c21. The van der Waals surface area contributed by atoms with E-state index in [9.17, 15) is 0 Å². The summed E-state index contributed by atoms with van der Waals surface area (Å²) in [6.07, 6.45) is 6.88. The fourth-order valence-corrected chi connectivity index (χ4v) is 6.47. The van der Waals surface area contributed by atoms with Crippen molar-refractivity contribution in [1.82, 2.24) is 0 Å². The van der Waals surface area contributed by atoms with E-state index in [1.54, 1.807) is 0 Å². The van der Waals surface area contributed by atoms with Gasteiger partial charge in [0.1, 0.15) is 7.05 Å². The molecule has 6 rings (SSSR count). The lowest BCUT2D eigenvalue weighted by Crippen LogP contribution is -2.26. The minimum atomic E-state index is -0.0562. The van der Waals surface area contributed by atoms with Gasteiger partial charge in [-0.3, -0.25) is 0 Å². The smallest absolute Gasteiger partial charge is 0.217 e. The van der Waals surface area contributed by atoms with Crippen LogP contribution in [-0.4, -0.2) is 24.4 Å². The molecule has 0 bridgehead atoms. The Hall–Kier alpha value is -3.65. The first-order valence-corrected chi connectivity index (χ1v) is 12.5. The topological polar surface area (TPSA) is 6.25 Å². The van der Waals surface area contributed by atoms with Crippen LogP contribution in [0.2, 0.25) is 0 Å². The van der Waals surface area contributed by atoms with Crippen molar-refractivity contribution in [3.05, 3.63) is 108 Å². The lowest BCUT2D eigenvalue weighted by molar-refractivity contribution is -0.399. The Balaban J connectivity index is 1.43. The Bertz CT molecular complexity index is 1610. The molecule has 2 aliphatic rings. The predicted molar refractivity (Wildman–Crippen MR) is 150 cm³/mol. The molecular weight excluding hydrogens is 424 g/mol. The number of fused-ring (bicyclic) bond motifs is 6. The van der Waals surface area contributed by atoms with Gasteiger partial charge in [-0.2, -0.15) is 4.58 Å². The zero-order valence-electron chi connectivity index (χ0n) is 21.6. The lowest BCUT2D eigenvalue weighted by atomic mass is 9.80. The van der Waals surface area contributed by atoms with Crippen LogP contribution in [0.25, 0.3) is 21.5 Å². The molecule has 4 aromatic rings. The second-order valence-electron chi connectivity index (χ2n) is 11.0. The molecule has 0 N–H and O–H groups in total. The normalized spacial score (nSPS) is 19.4. The molecule has 174 valence electrons. The molecule has 0 unspecified atom stereocenters. The molecule has 0 aromatic heterocycles. The molecule has 0 spiro atoms. The van der Waals surface area contributed by atoms with Crippen molar-refractivity contribution < 1.29 is 4.58 Å². The first-order chi connectivity index (χ1) is 16.7. The summed E-state index contributed by atoms with van der Waals surface area (Å²) in [6.45, 7) is 9.35. The zero-order valence-corrected chi connectivity index (χ0v) is 21.6. The van der Waals surface area contributed by atoms with Gasteiger partial charge in [-0.05, 0) is 42.3 Å². The number of hydrogen-bond donors (Lipinski definition) is 0. The Labute approximate surface area is 208 Å². The van der Waals surface area contributed by atoms with Gasteiger partial charge >= 0.3 is 0 Å². The number of likely N-dealkylation sites (N-methyl/N-ethyl adjacent to an activating group) is 1. The molecule has 2 aliphatic heterocycles. The standard InChI is InChI=1S/C33H33N2/c1-32(2)26-20-18-22-12-7-9-14-24(22)30(26)34(5)28(32)16-11-17-29-33(3,4)27-21-19-23-13-8-10-15-25(23)31(27)35(29)6/h7-21H,1-6H3/q+1. The molecule has 0 aliphatic carbocycles. The summed E-state index contributed by atoms with van der Waals surface area (Å²) in [7, 11) is 4.42. The third-order valence-corrected chi connectivity index (χ3v) is 8.33. The van der Waals surface area contributed by atoms with Crippen molar-refractivity contribution in [1.29, 1.82) is 0 Å². The highest BCUT2D eigenvalue weighted by Crippen LogP contribution is 2.50. The third kappa shape index (κ3) is 2.99. The Morgan fingerprint density at radius 2 is 1.31 bits per heavy atom. The minimum Gasteiger partial charge on any atom is -0.347 e. The van der Waals surface area contributed by atoms with Crippen LogP contribution in [0.15, 0.2) is 96.7 Å². The maximum atomic E-state index is 2.39. The van der Waals surface area contributed by atoms with E-state index in [2.05, 4.69) is 142 Å². The van der Waals surface area contributed by atoms with E-state index in [1.807, 2.05) is 0 Å². The maximum absolute atomic E-state index is 2.39. The number of anilines is 1. The first-order valence-electron chi connectivity index (χ1n) is 12.5. The third-order valence-electron chi connectivity index (χ3n) is 8.33. The van der Waals surface area contributed by atoms with Crippen molar-refractivity contribution in [2.75, 3.05) is 19.0 Å². The predicted octanol–water partition coefficient (Wildman–Crippen LogP) is 7.87. The molecule has 0 amide bonds. The molecule has 35 heavy (non-hydrogen) atoms. The lowest BCUT2D eigenvalue weighted by Gasteiger charge is -2.23. The Morgan fingerprint density at radius 1 is 0.714 bits per heavy atom. The van der Waals surface area contributed by atoms with Crippen molar-refractivity contribution in [3.63, 3.8) is 0 Å². The molecule has 0 fully saturated rings.